The fourth-order valence-electron chi connectivity index (χ4n) is 2.23. The molecule has 20 heavy (non-hydrogen) atoms. The first kappa shape index (κ1) is 13.8. The zero-order valence-electron chi connectivity index (χ0n) is 11.0. The molecule has 3 nitrogen and oxygen atoms in total. The Labute approximate surface area is 118 Å². The zero-order chi connectivity index (χ0) is 14.4. The molecular formula is C17H15NO2. The number of benzene rings is 2. The van der Waals surface area contributed by atoms with Crippen molar-refractivity contribution in [3.63, 3.8) is 0 Å². The van der Waals surface area contributed by atoms with Crippen LogP contribution >= 0.6 is 0 Å². The van der Waals surface area contributed by atoms with Crippen LogP contribution in [0.1, 0.15) is 11.1 Å². The van der Waals surface area contributed by atoms with Crippen molar-refractivity contribution in [1.29, 1.82) is 5.26 Å². The molecule has 0 bridgehead atoms. The van der Waals surface area contributed by atoms with Crippen molar-refractivity contribution in [2.45, 2.75) is 12.8 Å². The van der Waals surface area contributed by atoms with Crippen molar-refractivity contribution in [3.8, 4) is 6.07 Å². The molecule has 0 amide bonds. The average Bonchev–Trinajstić information content (AvgIpc) is 2.48. The highest BCUT2D eigenvalue weighted by molar-refractivity contribution is 5.79. The van der Waals surface area contributed by atoms with Gasteiger partial charge in [-0.2, -0.15) is 5.26 Å². The number of nitriles is 1. The standard InChI is InChI=1S/C17H15NO2/c18-13-17(16(19)20,11-14-7-3-1-4-8-14)12-15-9-5-2-6-10-15/h1-10H,11-12H2,(H,19,20). The molecule has 0 saturated heterocycles. The van der Waals surface area contributed by atoms with Gasteiger partial charge in [-0.05, 0) is 11.1 Å². The molecule has 0 fully saturated rings. The lowest BCUT2D eigenvalue weighted by atomic mass is 9.78. The van der Waals surface area contributed by atoms with E-state index >= 15 is 0 Å². The summed E-state index contributed by atoms with van der Waals surface area (Å²) < 4.78 is 0. The van der Waals surface area contributed by atoms with E-state index in [0.717, 1.165) is 11.1 Å². The van der Waals surface area contributed by atoms with Gasteiger partial charge in [-0.1, -0.05) is 60.7 Å². The third-order valence-electron chi connectivity index (χ3n) is 3.32. The highest BCUT2D eigenvalue weighted by Crippen LogP contribution is 2.28. The highest BCUT2D eigenvalue weighted by Gasteiger charge is 2.39. The molecule has 0 heterocycles. The Morgan fingerprint density at radius 1 is 0.950 bits per heavy atom. The number of carboxylic acids is 1. The Hall–Kier alpha value is -2.60. The van der Waals surface area contributed by atoms with Crippen molar-refractivity contribution in [2.75, 3.05) is 0 Å². The van der Waals surface area contributed by atoms with Crippen LogP contribution in [0.5, 0.6) is 0 Å². The van der Waals surface area contributed by atoms with E-state index < -0.39 is 11.4 Å². The topological polar surface area (TPSA) is 61.1 Å². The summed E-state index contributed by atoms with van der Waals surface area (Å²) in [5, 5.41) is 19.0. The van der Waals surface area contributed by atoms with Gasteiger partial charge in [0.05, 0.1) is 6.07 Å². The number of hydrogen-bond acceptors (Lipinski definition) is 2. The molecule has 1 N–H and O–H groups in total. The van der Waals surface area contributed by atoms with Gasteiger partial charge in [-0.3, -0.25) is 4.79 Å². The van der Waals surface area contributed by atoms with Crippen molar-refractivity contribution in [2.24, 2.45) is 5.41 Å². The predicted molar refractivity (Wildman–Crippen MR) is 76.0 cm³/mol. The van der Waals surface area contributed by atoms with Gasteiger partial charge < -0.3 is 5.11 Å². The van der Waals surface area contributed by atoms with Gasteiger partial charge >= 0.3 is 5.97 Å². The summed E-state index contributed by atoms with van der Waals surface area (Å²) in [7, 11) is 0. The second-order valence-electron chi connectivity index (χ2n) is 4.82. The maximum atomic E-state index is 11.6. The Bertz CT molecular complexity index is 573. The Morgan fingerprint density at radius 2 is 1.35 bits per heavy atom. The van der Waals surface area contributed by atoms with Crippen LogP contribution in [0.25, 0.3) is 0 Å². The summed E-state index contributed by atoms with van der Waals surface area (Å²) >= 11 is 0. The molecule has 0 aromatic heterocycles. The quantitative estimate of drug-likeness (QED) is 0.903. The SMILES string of the molecule is N#CC(Cc1ccccc1)(Cc1ccccc1)C(=O)O. The van der Waals surface area contributed by atoms with Gasteiger partial charge in [0.15, 0.2) is 5.41 Å². The van der Waals surface area contributed by atoms with Crippen LogP contribution < -0.4 is 0 Å². The molecule has 0 saturated carbocycles. The molecule has 0 spiro atoms. The molecule has 2 aromatic rings. The first-order valence-electron chi connectivity index (χ1n) is 6.39. The Kier molecular flexibility index (Phi) is 4.17. The molecule has 2 rings (SSSR count). The lowest BCUT2D eigenvalue weighted by Crippen LogP contribution is -2.34. The number of aliphatic carboxylic acids is 1. The molecule has 0 aliphatic rings. The number of carbonyl (C=O) groups is 1. The van der Waals surface area contributed by atoms with Crippen LogP contribution in [-0.2, 0) is 17.6 Å². The summed E-state index contributed by atoms with van der Waals surface area (Å²) in [5.41, 5.74) is 0.280. The number of rotatable bonds is 5. The van der Waals surface area contributed by atoms with Crippen LogP contribution in [-0.4, -0.2) is 11.1 Å². The van der Waals surface area contributed by atoms with Crippen molar-refractivity contribution >= 4 is 5.97 Å². The van der Waals surface area contributed by atoms with E-state index in [1.807, 2.05) is 66.7 Å². The molecular weight excluding hydrogens is 250 g/mol. The maximum Gasteiger partial charge on any atom is 0.324 e. The third-order valence-corrected chi connectivity index (χ3v) is 3.32. The van der Waals surface area contributed by atoms with E-state index in [1.54, 1.807) is 0 Å². The van der Waals surface area contributed by atoms with Gasteiger partial charge in [-0.15, -0.1) is 0 Å². The van der Waals surface area contributed by atoms with Gasteiger partial charge in [-0.25, -0.2) is 0 Å². The van der Waals surface area contributed by atoms with E-state index in [-0.39, 0.29) is 12.8 Å². The normalized spacial score (nSPS) is 10.8. The minimum Gasteiger partial charge on any atom is -0.480 e. The summed E-state index contributed by atoms with van der Waals surface area (Å²) in [6, 6.07) is 20.5. The minimum absolute atomic E-state index is 0.203. The van der Waals surface area contributed by atoms with Crippen LogP contribution in [0.4, 0.5) is 0 Å². The lowest BCUT2D eigenvalue weighted by molar-refractivity contribution is -0.145. The second-order valence-corrected chi connectivity index (χ2v) is 4.82. The molecule has 0 radical (unpaired) electrons. The largest absolute Gasteiger partial charge is 0.480 e. The molecule has 100 valence electrons. The van der Waals surface area contributed by atoms with Crippen LogP contribution in [0.2, 0.25) is 0 Å². The minimum atomic E-state index is -1.43. The average molecular weight is 265 g/mol. The van der Waals surface area contributed by atoms with Gasteiger partial charge in [0, 0.05) is 12.8 Å². The smallest absolute Gasteiger partial charge is 0.324 e. The predicted octanol–water partition coefficient (Wildman–Crippen LogP) is 3.07. The maximum absolute atomic E-state index is 11.6. The summed E-state index contributed by atoms with van der Waals surface area (Å²) in [6.45, 7) is 0. The molecule has 3 heteroatoms. The lowest BCUT2D eigenvalue weighted by Gasteiger charge is -2.22. The van der Waals surface area contributed by atoms with E-state index in [9.17, 15) is 15.2 Å². The molecule has 0 unspecified atom stereocenters. The van der Waals surface area contributed by atoms with Gasteiger partial charge in [0.2, 0.25) is 0 Å². The summed E-state index contributed by atoms with van der Waals surface area (Å²) in [4.78, 5) is 11.6. The number of carboxylic acid groups (broad SMARTS) is 1. The Balaban J connectivity index is 2.31. The number of nitrogens with zero attached hydrogens (tertiary/aromatic N) is 1. The van der Waals surface area contributed by atoms with Gasteiger partial charge in [0.25, 0.3) is 0 Å². The zero-order valence-corrected chi connectivity index (χ0v) is 11.0. The van der Waals surface area contributed by atoms with E-state index in [2.05, 4.69) is 0 Å². The monoisotopic (exact) mass is 265 g/mol. The van der Waals surface area contributed by atoms with E-state index in [1.165, 1.54) is 0 Å². The van der Waals surface area contributed by atoms with Crippen LogP contribution in [0, 0.1) is 16.7 Å². The highest BCUT2D eigenvalue weighted by atomic mass is 16.4. The summed E-state index contributed by atoms with van der Waals surface area (Å²) in [5.74, 6) is -1.08. The van der Waals surface area contributed by atoms with Crippen LogP contribution in [0.3, 0.4) is 0 Å². The second kappa shape index (κ2) is 6.03. The first-order chi connectivity index (χ1) is 9.66. The van der Waals surface area contributed by atoms with Crippen LogP contribution in [0.15, 0.2) is 60.7 Å². The fraction of sp³-hybridized carbons (Fsp3) is 0.176. The summed E-state index contributed by atoms with van der Waals surface area (Å²) in [6.07, 6.45) is 0.406. The van der Waals surface area contributed by atoms with Crippen molar-refractivity contribution in [1.82, 2.24) is 0 Å². The fourth-order valence-corrected chi connectivity index (χ4v) is 2.23. The van der Waals surface area contributed by atoms with Gasteiger partial charge in [0.1, 0.15) is 0 Å². The van der Waals surface area contributed by atoms with Crippen molar-refractivity contribution in [3.05, 3.63) is 71.8 Å². The molecule has 2 aromatic carbocycles. The Morgan fingerprint density at radius 3 is 1.65 bits per heavy atom. The first-order valence-corrected chi connectivity index (χ1v) is 6.39. The van der Waals surface area contributed by atoms with Crippen molar-refractivity contribution < 1.29 is 9.90 Å². The molecule has 0 aliphatic carbocycles. The number of hydrogen-bond donors (Lipinski definition) is 1. The third kappa shape index (κ3) is 3.04. The van der Waals surface area contributed by atoms with E-state index in [4.69, 9.17) is 0 Å². The van der Waals surface area contributed by atoms with E-state index in [0.29, 0.717) is 0 Å². The molecule has 0 atom stereocenters. The molecule has 0 aliphatic heterocycles.